The third kappa shape index (κ3) is 2.45. The zero-order valence-corrected chi connectivity index (χ0v) is 14.9. The number of carbonyl (C=O) groups excluding carboxylic acids is 1. The minimum Gasteiger partial charge on any atom is -0.479 e. The SMILES string of the molecule is O=C(NC1(C(=O)O)CCC2CC21)OCC1c2ccccc2-c2ccccc21. The zero-order valence-electron chi connectivity index (χ0n) is 14.9. The summed E-state index contributed by atoms with van der Waals surface area (Å²) in [5.41, 5.74) is 3.47. The maximum Gasteiger partial charge on any atom is 0.408 e. The fourth-order valence-electron chi connectivity index (χ4n) is 5.06. The minimum atomic E-state index is -1.15. The van der Waals surface area contributed by atoms with Gasteiger partial charge in [-0.25, -0.2) is 9.59 Å². The molecule has 3 aliphatic carbocycles. The van der Waals surface area contributed by atoms with Gasteiger partial charge in [-0.1, -0.05) is 48.5 Å². The average Bonchev–Trinajstić information content (AvgIpc) is 3.28. The lowest BCUT2D eigenvalue weighted by molar-refractivity contribution is -0.145. The van der Waals surface area contributed by atoms with E-state index in [4.69, 9.17) is 4.74 Å². The molecule has 0 aliphatic heterocycles. The highest BCUT2D eigenvalue weighted by Gasteiger charge is 2.63. The molecule has 2 aromatic carbocycles. The number of carboxylic acids is 1. The standard InChI is InChI=1S/C22H21NO4/c24-20(25)22(10-9-13-11-19(13)22)23-21(26)27-12-18-16-7-3-1-5-14(16)15-6-2-4-8-17(15)18/h1-8,13,18-19H,9-12H2,(H,23,26)(H,24,25). The van der Waals surface area contributed by atoms with Crippen LogP contribution in [0.25, 0.3) is 11.1 Å². The molecule has 138 valence electrons. The normalized spacial score (nSPS) is 27.4. The van der Waals surface area contributed by atoms with Crippen LogP contribution in [-0.4, -0.2) is 29.3 Å². The fourth-order valence-corrected chi connectivity index (χ4v) is 5.06. The van der Waals surface area contributed by atoms with Crippen LogP contribution in [0.1, 0.15) is 36.3 Å². The number of hydrogen-bond acceptors (Lipinski definition) is 3. The van der Waals surface area contributed by atoms with E-state index in [0.29, 0.717) is 12.3 Å². The van der Waals surface area contributed by atoms with E-state index in [9.17, 15) is 14.7 Å². The van der Waals surface area contributed by atoms with Crippen molar-refractivity contribution in [3.05, 3.63) is 59.7 Å². The highest BCUT2D eigenvalue weighted by atomic mass is 16.5. The van der Waals surface area contributed by atoms with Gasteiger partial charge in [-0.05, 0) is 53.4 Å². The van der Waals surface area contributed by atoms with Gasteiger partial charge in [0, 0.05) is 5.92 Å². The van der Waals surface area contributed by atoms with Crippen LogP contribution in [0.2, 0.25) is 0 Å². The van der Waals surface area contributed by atoms with Crippen LogP contribution in [0.4, 0.5) is 4.79 Å². The Hall–Kier alpha value is -2.82. The molecular formula is C22H21NO4. The number of nitrogens with one attached hydrogen (secondary N) is 1. The second kappa shape index (κ2) is 5.84. The Balaban J connectivity index is 1.33. The maximum atomic E-state index is 12.5. The Labute approximate surface area is 157 Å². The van der Waals surface area contributed by atoms with E-state index >= 15 is 0 Å². The van der Waals surface area contributed by atoms with Crippen molar-refractivity contribution in [2.45, 2.75) is 30.7 Å². The zero-order chi connectivity index (χ0) is 18.6. The highest BCUT2D eigenvalue weighted by molar-refractivity contribution is 5.86. The number of carbonyl (C=O) groups is 2. The van der Waals surface area contributed by atoms with Crippen LogP contribution in [0.15, 0.2) is 48.5 Å². The Morgan fingerprint density at radius 2 is 1.70 bits per heavy atom. The number of ether oxygens (including phenoxy) is 1. The van der Waals surface area contributed by atoms with E-state index in [-0.39, 0.29) is 18.4 Å². The van der Waals surface area contributed by atoms with Crippen molar-refractivity contribution < 1.29 is 19.4 Å². The summed E-state index contributed by atoms with van der Waals surface area (Å²) in [6.07, 6.45) is 1.60. The molecule has 3 aliphatic rings. The maximum absolute atomic E-state index is 12.5. The number of rotatable bonds is 4. The van der Waals surface area contributed by atoms with Crippen molar-refractivity contribution in [2.24, 2.45) is 11.8 Å². The number of hydrogen-bond donors (Lipinski definition) is 2. The predicted octanol–water partition coefficient (Wildman–Crippen LogP) is 3.78. The average molecular weight is 363 g/mol. The lowest BCUT2D eigenvalue weighted by Gasteiger charge is -2.27. The second-order valence-corrected chi connectivity index (χ2v) is 7.87. The summed E-state index contributed by atoms with van der Waals surface area (Å²) in [5, 5.41) is 12.4. The van der Waals surface area contributed by atoms with E-state index in [0.717, 1.165) is 24.0 Å². The van der Waals surface area contributed by atoms with Crippen molar-refractivity contribution in [3.63, 3.8) is 0 Å². The molecular weight excluding hydrogens is 342 g/mol. The van der Waals surface area contributed by atoms with Gasteiger partial charge in [0.05, 0.1) is 0 Å². The van der Waals surface area contributed by atoms with E-state index in [2.05, 4.69) is 29.6 Å². The van der Waals surface area contributed by atoms with Crippen LogP contribution >= 0.6 is 0 Å². The number of alkyl carbamates (subject to hydrolysis) is 1. The highest BCUT2D eigenvalue weighted by Crippen LogP contribution is 2.57. The summed E-state index contributed by atoms with van der Waals surface area (Å²) in [7, 11) is 0. The topological polar surface area (TPSA) is 75.6 Å². The van der Waals surface area contributed by atoms with Crippen molar-refractivity contribution in [1.29, 1.82) is 0 Å². The summed E-state index contributed by atoms with van der Waals surface area (Å²) >= 11 is 0. The largest absolute Gasteiger partial charge is 0.479 e. The molecule has 2 fully saturated rings. The number of fused-ring (bicyclic) bond motifs is 4. The quantitative estimate of drug-likeness (QED) is 0.867. The predicted molar refractivity (Wildman–Crippen MR) is 99.4 cm³/mol. The van der Waals surface area contributed by atoms with Crippen LogP contribution < -0.4 is 5.32 Å². The molecule has 5 rings (SSSR count). The first-order valence-electron chi connectivity index (χ1n) is 9.47. The first kappa shape index (κ1) is 16.4. The lowest BCUT2D eigenvalue weighted by atomic mass is 9.93. The van der Waals surface area contributed by atoms with Gasteiger partial charge in [0.25, 0.3) is 0 Å². The first-order chi connectivity index (χ1) is 13.1. The van der Waals surface area contributed by atoms with Crippen LogP contribution in [0, 0.1) is 11.8 Å². The third-order valence-electron chi connectivity index (χ3n) is 6.52. The van der Waals surface area contributed by atoms with Crippen LogP contribution in [0.3, 0.4) is 0 Å². The molecule has 5 nitrogen and oxygen atoms in total. The molecule has 3 unspecified atom stereocenters. The summed E-state index contributed by atoms with van der Waals surface area (Å²) in [5.74, 6) is -0.479. The smallest absolute Gasteiger partial charge is 0.408 e. The summed E-state index contributed by atoms with van der Waals surface area (Å²) in [4.78, 5) is 24.3. The van der Waals surface area contributed by atoms with E-state index in [1.165, 1.54) is 11.1 Å². The van der Waals surface area contributed by atoms with Crippen molar-refractivity contribution >= 4 is 12.1 Å². The second-order valence-electron chi connectivity index (χ2n) is 7.87. The van der Waals surface area contributed by atoms with Gasteiger partial charge < -0.3 is 15.2 Å². The summed E-state index contributed by atoms with van der Waals surface area (Å²) in [6, 6.07) is 16.3. The molecule has 0 bridgehead atoms. The fraction of sp³-hybridized carbons (Fsp3) is 0.364. The van der Waals surface area contributed by atoms with Crippen LogP contribution in [0.5, 0.6) is 0 Å². The molecule has 0 heterocycles. The molecule has 0 aromatic heterocycles. The van der Waals surface area contributed by atoms with E-state index in [1.54, 1.807) is 0 Å². The van der Waals surface area contributed by atoms with Gasteiger partial charge in [-0.15, -0.1) is 0 Å². The van der Waals surface area contributed by atoms with Crippen molar-refractivity contribution in [1.82, 2.24) is 5.32 Å². The van der Waals surface area contributed by atoms with Crippen molar-refractivity contribution in [2.75, 3.05) is 6.61 Å². The number of aliphatic carboxylic acids is 1. The molecule has 3 atom stereocenters. The summed E-state index contributed by atoms with van der Waals surface area (Å²) in [6.45, 7) is 0.198. The molecule has 2 N–H and O–H groups in total. The number of carboxylic acid groups (broad SMARTS) is 1. The molecule has 1 amide bonds. The molecule has 0 radical (unpaired) electrons. The minimum absolute atomic E-state index is 0.0267. The lowest BCUT2D eigenvalue weighted by Crippen LogP contribution is -2.55. The van der Waals surface area contributed by atoms with Crippen molar-refractivity contribution in [3.8, 4) is 11.1 Å². The number of benzene rings is 2. The Bertz CT molecular complexity index is 894. The van der Waals surface area contributed by atoms with Gasteiger partial charge in [0.1, 0.15) is 12.1 Å². The van der Waals surface area contributed by atoms with Gasteiger partial charge in [-0.2, -0.15) is 0 Å². The molecule has 0 spiro atoms. The Kier molecular flexibility index (Phi) is 3.54. The van der Waals surface area contributed by atoms with Gasteiger partial charge in [0.2, 0.25) is 0 Å². The van der Waals surface area contributed by atoms with Gasteiger partial charge in [0.15, 0.2) is 0 Å². The molecule has 0 saturated heterocycles. The molecule has 2 aromatic rings. The number of amides is 1. The summed E-state index contributed by atoms with van der Waals surface area (Å²) < 4.78 is 5.53. The Morgan fingerprint density at radius 1 is 1.07 bits per heavy atom. The molecule has 27 heavy (non-hydrogen) atoms. The monoisotopic (exact) mass is 363 g/mol. The third-order valence-corrected chi connectivity index (χ3v) is 6.52. The van der Waals surface area contributed by atoms with Gasteiger partial charge >= 0.3 is 12.1 Å². The van der Waals surface area contributed by atoms with Crippen LogP contribution in [-0.2, 0) is 9.53 Å². The van der Waals surface area contributed by atoms with E-state index < -0.39 is 17.6 Å². The first-order valence-corrected chi connectivity index (χ1v) is 9.47. The van der Waals surface area contributed by atoms with E-state index in [1.807, 2.05) is 24.3 Å². The molecule has 5 heteroatoms. The molecule has 2 saturated carbocycles. The van der Waals surface area contributed by atoms with Gasteiger partial charge in [-0.3, -0.25) is 0 Å². The Morgan fingerprint density at radius 3 is 2.22 bits per heavy atom.